The van der Waals surface area contributed by atoms with Crippen LogP contribution in [0.5, 0.6) is 0 Å². The Morgan fingerprint density at radius 1 is 1.04 bits per heavy atom. The molecule has 26 heavy (non-hydrogen) atoms. The molecule has 1 aromatic carbocycles. The van der Waals surface area contributed by atoms with Crippen molar-refractivity contribution >= 4 is 11.5 Å². The zero-order valence-electron chi connectivity index (χ0n) is 13.9. The molecule has 3 aromatic rings. The maximum absolute atomic E-state index is 13.0. The standard InChI is InChI=1S/C19H16FN5O/c20-17-4-1-14(2-5-17)15-7-9-24(10-8-15)19(26)16-3-6-18(21-11-16)25-12-22-23-13-25/h1-7,11-13H,8-10H2. The van der Waals surface area contributed by atoms with Crippen LogP contribution in [0.3, 0.4) is 0 Å². The molecule has 0 N–H and O–H groups in total. The number of benzene rings is 1. The molecule has 1 aliphatic heterocycles. The Balaban J connectivity index is 1.45. The average molecular weight is 349 g/mol. The van der Waals surface area contributed by atoms with E-state index in [4.69, 9.17) is 0 Å². The fourth-order valence-electron chi connectivity index (χ4n) is 2.95. The molecule has 0 radical (unpaired) electrons. The normalized spacial score (nSPS) is 14.2. The molecule has 0 bridgehead atoms. The van der Waals surface area contributed by atoms with Crippen molar-refractivity contribution < 1.29 is 9.18 Å². The zero-order chi connectivity index (χ0) is 17.9. The van der Waals surface area contributed by atoms with Crippen molar-refractivity contribution in [1.29, 1.82) is 0 Å². The molecule has 1 aliphatic rings. The molecule has 0 unspecified atom stereocenters. The quantitative estimate of drug-likeness (QED) is 0.729. The lowest BCUT2D eigenvalue weighted by molar-refractivity contribution is 0.0772. The predicted molar refractivity (Wildman–Crippen MR) is 94.1 cm³/mol. The fourth-order valence-corrected chi connectivity index (χ4v) is 2.95. The Labute approximate surface area is 149 Å². The molecule has 1 amide bonds. The van der Waals surface area contributed by atoms with Crippen LogP contribution in [0.1, 0.15) is 22.3 Å². The van der Waals surface area contributed by atoms with Gasteiger partial charge < -0.3 is 4.90 Å². The maximum Gasteiger partial charge on any atom is 0.255 e. The average Bonchev–Trinajstić information content (AvgIpc) is 3.23. The third-order valence-corrected chi connectivity index (χ3v) is 4.39. The number of hydrogen-bond donors (Lipinski definition) is 0. The second-order valence-electron chi connectivity index (χ2n) is 6.01. The van der Waals surface area contributed by atoms with E-state index in [9.17, 15) is 9.18 Å². The molecule has 0 aliphatic carbocycles. The van der Waals surface area contributed by atoms with Gasteiger partial charge in [-0.3, -0.25) is 9.36 Å². The van der Waals surface area contributed by atoms with Gasteiger partial charge in [0, 0.05) is 19.3 Å². The molecule has 6 nitrogen and oxygen atoms in total. The summed E-state index contributed by atoms with van der Waals surface area (Å²) in [5, 5.41) is 7.47. The molecule has 4 rings (SSSR count). The highest BCUT2D eigenvalue weighted by atomic mass is 19.1. The van der Waals surface area contributed by atoms with E-state index >= 15 is 0 Å². The van der Waals surface area contributed by atoms with Crippen LogP contribution in [0, 0.1) is 5.82 Å². The van der Waals surface area contributed by atoms with Gasteiger partial charge in [0.1, 0.15) is 24.3 Å². The van der Waals surface area contributed by atoms with Crippen LogP contribution in [0.2, 0.25) is 0 Å². The molecule has 0 saturated carbocycles. The van der Waals surface area contributed by atoms with Gasteiger partial charge in [-0.1, -0.05) is 18.2 Å². The Hall–Kier alpha value is -3.35. The summed E-state index contributed by atoms with van der Waals surface area (Å²) in [5.41, 5.74) is 2.68. The van der Waals surface area contributed by atoms with Crippen LogP contribution in [0.4, 0.5) is 4.39 Å². The summed E-state index contributed by atoms with van der Waals surface area (Å²) >= 11 is 0. The molecule has 3 heterocycles. The van der Waals surface area contributed by atoms with Gasteiger partial charge in [0.2, 0.25) is 0 Å². The van der Waals surface area contributed by atoms with Crippen molar-refractivity contribution in [2.24, 2.45) is 0 Å². The van der Waals surface area contributed by atoms with Crippen molar-refractivity contribution in [3.8, 4) is 5.82 Å². The van der Waals surface area contributed by atoms with E-state index in [2.05, 4.69) is 15.2 Å². The molecule has 0 fully saturated rings. The van der Waals surface area contributed by atoms with E-state index in [0.29, 0.717) is 24.5 Å². The van der Waals surface area contributed by atoms with Crippen molar-refractivity contribution in [2.45, 2.75) is 6.42 Å². The minimum absolute atomic E-state index is 0.0535. The molecule has 0 saturated heterocycles. The van der Waals surface area contributed by atoms with Crippen molar-refractivity contribution in [1.82, 2.24) is 24.6 Å². The van der Waals surface area contributed by atoms with E-state index in [0.717, 1.165) is 17.6 Å². The third kappa shape index (κ3) is 3.23. The summed E-state index contributed by atoms with van der Waals surface area (Å²) in [6.07, 6.45) is 7.43. The Morgan fingerprint density at radius 2 is 1.81 bits per heavy atom. The van der Waals surface area contributed by atoms with Gasteiger partial charge in [-0.05, 0) is 41.8 Å². The molecule has 7 heteroatoms. The molecule has 2 aromatic heterocycles. The number of rotatable bonds is 3. The molecule has 0 spiro atoms. The number of carbonyl (C=O) groups is 1. The van der Waals surface area contributed by atoms with Gasteiger partial charge in [0.15, 0.2) is 0 Å². The Bertz CT molecular complexity index is 933. The maximum atomic E-state index is 13.0. The van der Waals surface area contributed by atoms with Crippen molar-refractivity contribution in [2.75, 3.05) is 13.1 Å². The SMILES string of the molecule is O=C(c1ccc(-n2cnnc2)nc1)N1CC=C(c2ccc(F)cc2)CC1. The lowest BCUT2D eigenvalue weighted by Gasteiger charge is -2.26. The molecular weight excluding hydrogens is 333 g/mol. The smallest absolute Gasteiger partial charge is 0.255 e. The number of nitrogens with zero attached hydrogens (tertiary/aromatic N) is 5. The van der Waals surface area contributed by atoms with Crippen molar-refractivity contribution in [3.05, 3.63) is 78.3 Å². The van der Waals surface area contributed by atoms with E-state index in [1.165, 1.54) is 12.1 Å². The minimum atomic E-state index is -0.246. The predicted octanol–water partition coefficient (Wildman–Crippen LogP) is 2.73. The van der Waals surface area contributed by atoms with E-state index < -0.39 is 0 Å². The van der Waals surface area contributed by atoms with Gasteiger partial charge in [-0.25, -0.2) is 9.37 Å². The van der Waals surface area contributed by atoms with Gasteiger partial charge in [-0.15, -0.1) is 10.2 Å². The summed E-state index contributed by atoms with van der Waals surface area (Å²) in [6.45, 7) is 1.15. The van der Waals surface area contributed by atoms with Crippen LogP contribution >= 0.6 is 0 Å². The van der Waals surface area contributed by atoms with Gasteiger partial charge in [-0.2, -0.15) is 0 Å². The highest BCUT2D eigenvalue weighted by molar-refractivity contribution is 5.94. The monoisotopic (exact) mass is 349 g/mol. The number of pyridine rings is 1. The number of amides is 1. The summed E-state index contributed by atoms with van der Waals surface area (Å²) in [4.78, 5) is 18.7. The number of carbonyl (C=O) groups excluding carboxylic acids is 1. The van der Waals surface area contributed by atoms with Gasteiger partial charge >= 0.3 is 0 Å². The van der Waals surface area contributed by atoms with E-state index in [-0.39, 0.29) is 11.7 Å². The fraction of sp³-hybridized carbons (Fsp3) is 0.158. The largest absolute Gasteiger partial charge is 0.335 e. The first-order chi connectivity index (χ1) is 12.7. The highest BCUT2D eigenvalue weighted by Gasteiger charge is 2.19. The van der Waals surface area contributed by atoms with Gasteiger partial charge in [0.05, 0.1) is 5.56 Å². The first-order valence-electron chi connectivity index (χ1n) is 8.26. The first kappa shape index (κ1) is 16.1. The first-order valence-corrected chi connectivity index (χ1v) is 8.26. The molecular formula is C19H16FN5O. The Morgan fingerprint density at radius 3 is 2.42 bits per heavy atom. The van der Waals surface area contributed by atoms with E-state index in [1.54, 1.807) is 52.6 Å². The van der Waals surface area contributed by atoms with Crippen LogP contribution < -0.4 is 0 Å². The second kappa shape index (κ2) is 6.87. The topological polar surface area (TPSA) is 63.9 Å². The third-order valence-electron chi connectivity index (χ3n) is 4.39. The van der Waals surface area contributed by atoms with Crippen LogP contribution in [-0.2, 0) is 0 Å². The zero-order valence-corrected chi connectivity index (χ0v) is 13.9. The molecule has 0 atom stereocenters. The molecule has 130 valence electrons. The Kier molecular flexibility index (Phi) is 4.27. The van der Waals surface area contributed by atoms with E-state index in [1.807, 2.05) is 6.08 Å². The van der Waals surface area contributed by atoms with Crippen LogP contribution in [-0.4, -0.2) is 43.6 Å². The highest BCUT2D eigenvalue weighted by Crippen LogP contribution is 2.23. The summed E-state index contributed by atoms with van der Waals surface area (Å²) in [5.74, 6) is 0.357. The number of hydrogen-bond acceptors (Lipinski definition) is 4. The lowest BCUT2D eigenvalue weighted by Crippen LogP contribution is -2.34. The minimum Gasteiger partial charge on any atom is -0.335 e. The van der Waals surface area contributed by atoms with Crippen LogP contribution in [0.25, 0.3) is 11.4 Å². The lowest BCUT2D eigenvalue weighted by atomic mass is 9.99. The second-order valence-corrected chi connectivity index (χ2v) is 6.01. The number of aromatic nitrogens is 4. The summed E-state index contributed by atoms with van der Waals surface area (Å²) < 4.78 is 14.7. The van der Waals surface area contributed by atoms with Crippen LogP contribution in [0.15, 0.2) is 61.3 Å². The number of halogens is 1. The van der Waals surface area contributed by atoms with Crippen molar-refractivity contribution in [3.63, 3.8) is 0 Å². The summed E-state index contributed by atoms with van der Waals surface area (Å²) in [7, 11) is 0. The van der Waals surface area contributed by atoms with Gasteiger partial charge in [0.25, 0.3) is 5.91 Å². The summed E-state index contributed by atoms with van der Waals surface area (Å²) in [6, 6.07) is 9.97.